The Bertz CT molecular complexity index is 521. The second-order valence-corrected chi connectivity index (χ2v) is 4.56. The van der Waals surface area contributed by atoms with Crippen molar-refractivity contribution in [3.8, 4) is 11.5 Å². The standard InChI is InChI=1S/C14H14O4S/c1-16-14(15)13-9-12(10-19-13)18-8-7-17-11-5-3-2-4-6-11/h2-6,9-10H,7-8H2,1H3. The first kappa shape index (κ1) is 13.4. The Morgan fingerprint density at radius 3 is 2.47 bits per heavy atom. The van der Waals surface area contributed by atoms with Gasteiger partial charge in [-0.1, -0.05) is 18.2 Å². The third-order valence-corrected chi connectivity index (χ3v) is 3.21. The molecule has 0 radical (unpaired) electrons. The van der Waals surface area contributed by atoms with E-state index >= 15 is 0 Å². The van der Waals surface area contributed by atoms with Gasteiger partial charge in [0.25, 0.3) is 0 Å². The van der Waals surface area contributed by atoms with Crippen LogP contribution < -0.4 is 9.47 Å². The zero-order chi connectivity index (χ0) is 13.5. The van der Waals surface area contributed by atoms with E-state index in [1.807, 2.05) is 30.3 Å². The largest absolute Gasteiger partial charge is 0.490 e. The molecule has 19 heavy (non-hydrogen) atoms. The summed E-state index contributed by atoms with van der Waals surface area (Å²) >= 11 is 1.30. The summed E-state index contributed by atoms with van der Waals surface area (Å²) in [6, 6.07) is 11.2. The highest BCUT2D eigenvalue weighted by molar-refractivity contribution is 7.12. The molecule has 0 N–H and O–H groups in total. The van der Waals surface area contributed by atoms with Crippen molar-refractivity contribution in [3.63, 3.8) is 0 Å². The summed E-state index contributed by atoms with van der Waals surface area (Å²) in [5, 5.41) is 1.77. The molecule has 1 heterocycles. The maximum absolute atomic E-state index is 11.2. The Kier molecular flexibility index (Phi) is 4.80. The number of hydrogen-bond donors (Lipinski definition) is 0. The minimum absolute atomic E-state index is 0.347. The van der Waals surface area contributed by atoms with E-state index in [1.165, 1.54) is 18.4 Å². The van der Waals surface area contributed by atoms with Gasteiger partial charge in [0, 0.05) is 11.4 Å². The van der Waals surface area contributed by atoms with Crippen LogP contribution in [0.5, 0.6) is 11.5 Å². The molecule has 0 saturated heterocycles. The maximum atomic E-state index is 11.2. The molecule has 0 atom stereocenters. The second kappa shape index (κ2) is 6.80. The quantitative estimate of drug-likeness (QED) is 0.602. The van der Waals surface area contributed by atoms with Crippen LogP contribution in [0.1, 0.15) is 9.67 Å². The van der Waals surface area contributed by atoms with Crippen LogP contribution in [-0.4, -0.2) is 26.3 Å². The van der Waals surface area contributed by atoms with E-state index in [2.05, 4.69) is 4.74 Å². The Morgan fingerprint density at radius 2 is 1.79 bits per heavy atom. The summed E-state index contributed by atoms with van der Waals surface area (Å²) in [5.74, 6) is 1.12. The van der Waals surface area contributed by atoms with Crippen LogP contribution >= 0.6 is 11.3 Å². The fourth-order valence-corrected chi connectivity index (χ4v) is 2.18. The van der Waals surface area contributed by atoms with Crippen LogP contribution in [0.25, 0.3) is 0 Å². The number of thiophene rings is 1. The monoisotopic (exact) mass is 278 g/mol. The number of ether oxygens (including phenoxy) is 3. The number of benzene rings is 1. The molecule has 0 aliphatic rings. The highest BCUT2D eigenvalue weighted by Gasteiger charge is 2.09. The van der Waals surface area contributed by atoms with Crippen LogP contribution in [0.4, 0.5) is 0 Å². The number of methoxy groups -OCH3 is 1. The molecule has 1 aromatic carbocycles. The molecule has 0 aliphatic heterocycles. The summed E-state index contributed by atoms with van der Waals surface area (Å²) in [6.07, 6.45) is 0. The fourth-order valence-electron chi connectivity index (χ4n) is 1.44. The van der Waals surface area contributed by atoms with Gasteiger partial charge in [0.15, 0.2) is 0 Å². The van der Waals surface area contributed by atoms with Gasteiger partial charge in [0.1, 0.15) is 29.6 Å². The first-order chi connectivity index (χ1) is 9.29. The SMILES string of the molecule is COC(=O)c1cc(OCCOc2ccccc2)cs1. The van der Waals surface area contributed by atoms with Crippen LogP contribution in [0.2, 0.25) is 0 Å². The van der Waals surface area contributed by atoms with Crippen molar-refractivity contribution in [2.75, 3.05) is 20.3 Å². The molecule has 5 heteroatoms. The Morgan fingerprint density at radius 1 is 1.11 bits per heavy atom. The van der Waals surface area contributed by atoms with E-state index in [4.69, 9.17) is 9.47 Å². The minimum Gasteiger partial charge on any atom is -0.490 e. The Hall–Kier alpha value is -2.01. The number of carbonyl (C=O) groups is 1. The van der Waals surface area contributed by atoms with Crippen molar-refractivity contribution >= 4 is 17.3 Å². The van der Waals surface area contributed by atoms with Crippen LogP contribution in [-0.2, 0) is 4.74 Å². The Balaban J connectivity index is 1.74. The van der Waals surface area contributed by atoms with Gasteiger partial charge in [0.2, 0.25) is 0 Å². The number of carbonyl (C=O) groups excluding carboxylic acids is 1. The number of para-hydroxylation sites is 1. The third kappa shape index (κ3) is 3.99. The molecule has 0 saturated carbocycles. The summed E-state index contributed by atoms with van der Waals surface area (Å²) in [4.78, 5) is 11.8. The molecule has 0 spiro atoms. The molecule has 2 rings (SSSR count). The molecule has 0 amide bonds. The normalized spacial score (nSPS) is 9.95. The first-order valence-electron chi connectivity index (χ1n) is 5.77. The molecule has 1 aromatic heterocycles. The van der Waals surface area contributed by atoms with E-state index in [9.17, 15) is 4.79 Å². The van der Waals surface area contributed by atoms with E-state index in [0.717, 1.165) is 5.75 Å². The van der Waals surface area contributed by atoms with Gasteiger partial charge in [-0.15, -0.1) is 11.3 Å². The van der Waals surface area contributed by atoms with Crippen LogP contribution in [0.3, 0.4) is 0 Å². The predicted molar refractivity (Wildman–Crippen MR) is 73.1 cm³/mol. The lowest BCUT2D eigenvalue weighted by atomic mass is 10.3. The van der Waals surface area contributed by atoms with E-state index in [-0.39, 0.29) is 5.97 Å². The lowest BCUT2D eigenvalue weighted by Gasteiger charge is -2.06. The fraction of sp³-hybridized carbons (Fsp3) is 0.214. The van der Waals surface area contributed by atoms with E-state index in [1.54, 1.807) is 11.4 Å². The third-order valence-electron chi connectivity index (χ3n) is 2.33. The smallest absolute Gasteiger partial charge is 0.348 e. The summed E-state index contributed by atoms with van der Waals surface area (Å²) in [7, 11) is 1.36. The molecular formula is C14H14O4S. The van der Waals surface area contributed by atoms with Gasteiger partial charge in [-0.3, -0.25) is 0 Å². The van der Waals surface area contributed by atoms with Crippen molar-refractivity contribution in [1.82, 2.24) is 0 Å². The average Bonchev–Trinajstić information content (AvgIpc) is 2.93. The van der Waals surface area contributed by atoms with E-state index < -0.39 is 0 Å². The first-order valence-corrected chi connectivity index (χ1v) is 6.65. The Labute approximate surface area is 115 Å². The van der Waals surface area contributed by atoms with Crippen LogP contribution in [0.15, 0.2) is 41.8 Å². The highest BCUT2D eigenvalue weighted by atomic mass is 32.1. The summed E-state index contributed by atoms with van der Waals surface area (Å²) in [5.41, 5.74) is 0. The summed E-state index contributed by atoms with van der Waals surface area (Å²) < 4.78 is 15.6. The second-order valence-electron chi connectivity index (χ2n) is 3.65. The average molecular weight is 278 g/mol. The molecule has 0 bridgehead atoms. The highest BCUT2D eigenvalue weighted by Crippen LogP contribution is 2.22. The molecule has 100 valence electrons. The molecule has 4 nitrogen and oxygen atoms in total. The van der Waals surface area contributed by atoms with Crippen molar-refractivity contribution in [3.05, 3.63) is 46.7 Å². The van der Waals surface area contributed by atoms with Crippen molar-refractivity contribution in [2.24, 2.45) is 0 Å². The van der Waals surface area contributed by atoms with Gasteiger partial charge in [-0.2, -0.15) is 0 Å². The predicted octanol–water partition coefficient (Wildman–Crippen LogP) is 2.99. The zero-order valence-corrected chi connectivity index (χ0v) is 11.3. The maximum Gasteiger partial charge on any atom is 0.348 e. The number of esters is 1. The lowest BCUT2D eigenvalue weighted by molar-refractivity contribution is 0.0606. The lowest BCUT2D eigenvalue weighted by Crippen LogP contribution is -2.08. The van der Waals surface area contributed by atoms with Crippen LogP contribution in [0, 0.1) is 0 Å². The van der Waals surface area contributed by atoms with E-state index in [0.29, 0.717) is 23.8 Å². The zero-order valence-electron chi connectivity index (χ0n) is 10.5. The van der Waals surface area contributed by atoms with Gasteiger partial charge in [-0.25, -0.2) is 4.79 Å². The number of hydrogen-bond acceptors (Lipinski definition) is 5. The van der Waals surface area contributed by atoms with Crippen molar-refractivity contribution in [2.45, 2.75) is 0 Å². The molecule has 0 fully saturated rings. The van der Waals surface area contributed by atoms with Crippen molar-refractivity contribution < 1.29 is 19.0 Å². The molecule has 2 aromatic rings. The molecule has 0 unspecified atom stereocenters. The van der Waals surface area contributed by atoms with Crippen molar-refractivity contribution in [1.29, 1.82) is 0 Å². The van der Waals surface area contributed by atoms with Gasteiger partial charge in [-0.05, 0) is 12.1 Å². The molecular weight excluding hydrogens is 264 g/mol. The van der Waals surface area contributed by atoms with Gasteiger partial charge >= 0.3 is 5.97 Å². The topological polar surface area (TPSA) is 44.8 Å². The minimum atomic E-state index is -0.347. The van der Waals surface area contributed by atoms with Gasteiger partial charge in [0.05, 0.1) is 7.11 Å². The van der Waals surface area contributed by atoms with Gasteiger partial charge < -0.3 is 14.2 Å². The molecule has 0 aliphatic carbocycles. The number of rotatable bonds is 6. The summed E-state index contributed by atoms with van der Waals surface area (Å²) in [6.45, 7) is 0.875.